The van der Waals surface area contributed by atoms with Crippen molar-refractivity contribution in [2.75, 3.05) is 5.73 Å². The third kappa shape index (κ3) is 2.56. The molecule has 2 aromatic rings. The molecular weight excluding hydrogens is 234 g/mol. The number of hydrogen-bond donors (Lipinski definition) is 1. The van der Waals surface area contributed by atoms with E-state index in [1.165, 1.54) is 0 Å². The van der Waals surface area contributed by atoms with Crippen LogP contribution in [0, 0.1) is 0 Å². The Balaban J connectivity index is 2.52. The summed E-state index contributed by atoms with van der Waals surface area (Å²) in [5.74, 6) is 0.977. The Labute approximate surface area is 106 Å². The van der Waals surface area contributed by atoms with Crippen LogP contribution in [0.2, 0.25) is 5.02 Å². The minimum atomic E-state index is 0.358. The third-order valence-electron chi connectivity index (χ3n) is 2.50. The van der Waals surface area contributed by atoms with E-state index in [0.717, 1.165) is 11.3 Å². The van der Waals surface area contributed by atoms with Crippen LogP contribution in [-0.4, -0.2) is 9.97 Å². The van der Waals surface area contributed by atoms with Gasteiger partial charge in [-0.3, -0.25) is 0 Å². The first-order valence-electron chi connectivity index (χ1n) is 5.46. The van der Waals surface area contributed by atoms with E-state index in [1.807, 2.05) is 6.07 Å². The highest BCUT2D eigenvalue weighted by Crippen LogP contribution is 2.27. The standard InChI is InChI=1S/C13H14ClN3/c1-8(2)12-5-6-16-13(17-12)10-7-9(15)3-4-11(10)14/h3-8H,15H2,1-2H3. The summed E-state index contributed by atoms with van der Waals surface area (Å²) in [6.07, 6.45) is 1.75. The molecule has 0 fully saturated rings. The SMILES string of the molecule is CC(C)c1ccnc(-c2cc(N)ccc2Cl)n1. The lowest BCUT2D eigenvalue weighted by Gasteiger charge is -2.08. The molecule has 1 aromatic heterocycles. The van der Waals surface area contributed by atoms with Gasteiger partial charge in [0.25, 0.3) is 0 Å². The Kier molecular flexibility index (Phi) is 3.29. The van der Waals surface area contributed by atoms with E-state index in [-0.39, 0.29) is 0 Å². The van der Waals surface area contributed by atoms with Gasteiger partial charge in [-0.25, -0.2) is 9.97 Å². The van der Waals surface area contributed by atoms with E-state index in [2.05, 4.69) is 23.8 Å². The van der Waals surface area contributed by atoms with E-state index in [4.69, 9.17) is 17.3 Å². The van der Waals surface area contributed by atoms with Gasteiger partial charge in [0.2, 0.25) is 0 Å². The Morgan fingerprint density at radius 1 is 1.24 bits per heavy atom. The highest BCUT2D eigenvalue weighted by Gasteiger charge is 2.09. The number of hydrogen-bond acceptors (Lipinski definition) is 3. The van der Waals surface area contributed by atoms with Crippen molar-refractivity contribution >= 4 is 17.3 Å². The average Bonchev–Trinajstić information content (AvgIpc) is 2.32. The van der Waals surface area contributed by atoms with Crippen LogP contribution in [0.3, 0.4) is 0 Å². The molecule has 0 unspecified atom stereocenters. The summed E-state index contributed by atoms with van der Waals surface area (Å²) < 4.78 is 0. The van der Waals surface area contributed by atoms with E-state index < -0.39 is 0 Å². The third-order valence-corrected chi connectivity index (χ3v) is 2.83. The van der Waals surface area contributed by atoms with Crippen molar-refractivity contribution in [2.45, 2.75) is 19.8 Å². The van der Waals surface area contributed by atoms with Crippen LogP contribution in [0.1, 0.15) is 25.5 Å². The Hall–Kier alpha value is -1.61. The fraction of sp³-hybridized carbons (Fsp3) is 0.231. The van der Waals surface area contributed by atoms with Crippen LogP contribution in [-0.2, 0) is 0 Å². The van der Waals surface area contributed by atoms with Gasteiger partial charge in [0.1, 0.15) is 0 Å². The Morgan fingerprint density at radius 3 is 2.71 bits per heavy atom. The number of rotatable bonds is 2. The van der Waals surface area contributed by atoms with Crippen LogP contribution >= 0.6 is 11.6 Å². The fourth-order valence-electron chi connectivity index (χ4n) is 1.54. The Bertz CT molecular complexity index is 538. The lowest BCUT2D eigenvalue weighted by atomic mass is 10.1. The summed E-state index contributed by atoms with van der Waals surface area (Å²) in [4.78, 5) is 8.74. The summed E-state index contributed by atoms with van der Waals surface area (Å²) in [5.41, 5.74) is 8.17. The van der Waals surface area contributed by atoms with Crippen LogP contribution in [0.4, 0.5) is 5.69 Å². The molecule has 1 heterocycles. The second-order valence-corrected chi connectivity index (χ2v) is 4.61. The monoisotopic (exact) mass is 247 g/mol. The van der Waals surface area contributed by atoms with Gasteiger partial charge in [-0.15, -0.1) is 0 Å². The lowest BCUT2D eigenvalue weighted by molar-refractivity contribution is 0.817. The minimum Gasteiger partial charge on any atom is -0.399 e. The first-order chi connectivity index (χ1) is 8.08. The molecule has 0 radical (unpaired) electrons. The first-order valence-corrected chi connectivity index (χ1v) is 5.84. The largest absolute Gasteiger partial charge is 0.399 e. The Morgan fingerprint density at radius 2 is 2.00 bits per heavy atom. The molecular formula is C13H14ClN3. The molecule has 3 nitrogen and oxygen atoms in total. The van der Waals surface area contributed by atoms with Gasteiger partial charge in [0.15, 0.2) is 5.82 Å². The van der Waals surface area contributed by atoms with Crippen LogP contribution in [0.25, 0.3) is 11.4 Å². The summed E-state index contributed by atoms with van der Waals surface area (Å²) in [7, 11) is 0. The number of nitrogen functional groups attached to an aromatic ring is 1. The molecule has 0 saturated carbocycles. The highest BCUT2D eigenvalue weighted by atomic mass is 35.5. The van der Waals surface area contributed by atoms with Gasteiger partial charge in [-0.1, -0.05) is 25.4 Å². The summed E-state index contributed by atoms with van der Waals surface area (Å²) in [6.45, 7) is 4.18. The van der Waals surface area contributed by atoms with Crippen molar-refractivity contribution in [3.05, 3.63) is 41.2 Å². The van der Waals surface area contributed by atoms with Crippen LogP contribution in [0.5, 0.6) is 0 Å². The molecule has 2 rings (SSSR count). The number of anilines is 1. The van der Waals surface area contributed by atoms with Gasteiger partial charge < -0.3 is 5.73 Å². The summed E-state index contributed by atoms with van der Waals surface area (Å²) in [6, 6.07) is 7.23. The summed E-state index contributed by atoms with van der Waals surface area (Å²) in [5, 5.41) is 0.611. The van der Waals surface area contributed by atoms with Gasteiger partial charge in [0, 0.05) is 23.1 Å². The minimum absolute atomic E-state index is 0.358. The van der Waals surface area contributed by atoms with Gasteiger partial charge in [-0.2, -0.15) is 0 Å². The van der Waals surface area contributed by atoms with E-state index >= 15 is 0 Å². The molecule has 4 heteroatoms. The van der Waals surface area contributed by atoms with Crippen LogP contribution in [0.15, 0.2) is 30.5 Å². The molecule has 0 aliphatic heterocycles. The zero-order chi connectivity index (χ0) is 12.4. The number of benzene rings is 1. The van der Waals surface area contributed by atoms with E-state index in [9.17, 15) is 0 Å². The first kappa shape index (κ1) is 11.9. The van der Waals surface area contributed by atoms with Crippen molar-refractivity contribution in [2.24, 2.45) is 0 Å². The lowest BCUT2D eigenvalue weighted by Crippen LogP contribution is -1.97. The quantitative estimate of drug-likeness (QED) is 0.827. The van der Waals surface area contributed by atoms with Crippen LogP contribution < -0.4 is 5.73 Å². The molecule has 88 valence electrons. The maximum atomic E-state index is 6.13. The zero-order valence-electron chi connectivity index (χ0n) is 9.81. The molecule has 0 bridgehead atoms. The molecule has 1 aromatic carbocycles. The van der Waals surface area contributed by atoms with Crippen molar-refractivity contribution in [3.8, 4) is 11.4 Å². The number of halogens is 1. The molecule has 2 N–H and O–H groups in total. The normalized spacial score (nSPS) is 10.8. The van der Waals surface area contributed by atoms with Crippen molar-refractivity contribution in [3.63, 3.8) is 0 Å². The molecule has 0 aliphatic rings. The molecule has 0 spiro atoms. The maximum Gasteiger partial charge on any atom is 0.160 e. The predicted octanol–water partition coefficient (Wildman–Crippen LogP) is 3.50. The number of nitrogens with two attached hydrogens (primary N) is 1. The van der Waals surface area contributed by atoms with Gasteiger partial charge in [-0.05, 0) is 30.2 Å². The maximum absolute atomic E-state index is 6.13. The van der Waals surface area contributed by atoms with Crippen molar-refractivity contribution in [1.29, 1.82) is 0 Å². The van der Waals surface area contributed by atoms with Gasteiger partial charge in [0.05, 0.1) is 5.02 Å². The van der Waals surface area contributed by atoms with Crippen molar-refractivity contribution < 1.29 is 0 Å². The fourth-order valence-corrected chi connectivity index (χ4v) is 1.74. The second-order valence-electron chi connectivity index (χ2n) is 4.20. The summed E-state index contributed by atoms with van der Waals surface area (Å²) >= 11 is 6.13. The molecule has 0 atom stereocenters. The smallest absolute Gasteiger partial charge is 0.160 e. The molecule has 17 heavy (non-hydrogen) atoms. The molecule has 0 saturated heterocycles. The van der Waals surface area contributed by atoms with E-state index in [1.54, 1.807) is 24.4 Å². The molecule has 0 amide bonds. The zero-order valence-corrected chi connectivity index (χ0v) is 10.6. The molecule has 0 aliphatic carbocycles. The second kappa shape index (κ2) is 4.72. The van der Waals surface area contributed by atoms with E-state index in [0.29, 0.717) is 22.5 Å². The number of aromatic nitrogens is 2. The topological polar surface area (TPSA) is 51.8 Å². The van der Waals surface area contributed by atoms with Gasteiger partial charge >= 0.3 is 0 Å². The number of nitrogens with zero attached hydrogens (tertiary/aromatic N) is 2. The highest BCUT2D eigenvalue weighted by molar-refractivity contribution is 6.33. The predicted molar refractivity (Wildman–Crippen MR) is 71.0 cm³/mol. The average molecular weight is 248 g/mol. The van der Waals surface area contributed by atoms with Crippen molar-refractivity contribution in [1.82, 2.24) is 9.97 Å².